The van der Waals surface area contributed by atoms with Gasteiger partial charge in [0.1, 0.15) is 0 Å². The standard InChI is InChI=1S/C14H19N3O2/c1-16(9-13(15)18)6-5-10-3-4-12-11(7-10)8-14(19)17(12)2/h3-4,7H,5-6,8-9H2,1-2H3,(H2,15,18). The molecule has 1 aliphatic heterocycles. The number of carbonyl (C=O) groups excluding carboxylic acids is 2. The van der Waals surface area contributed by atoms with Crippen molar-refractivity contribution >= 4 is 17.5 Å². The molecule has 2 amide bonds. The summed E-state index contributed by atoms with van der Waals surface area (Å²) in [5, 5.41) is 0. The normalized spacial score (nSPS) is 14.1. The molecule has 2 N–H and O–H groups in total. The second-order valence-electron chi connectivity index (χ2n) is 5.05. The molecule has 102 valence electrons. The first-order valence-electron chi connectivity index (χ1n) is 6.32. The van der Waals surface area contributed by atoms with Crippen molar-refractivity contribution in [2.75, 3.05) is 32.1 Å². The third-order valence-corrected chi connectivity index (χ3v) is 3.43. The van der Waals surface area contributed by atoms with Crippen molar-refractivity contribution in [1.82, 2.24) is 4.90 Å². The zero-order chi connectivity index (χ0) is 14.0. The van der Waals surface area contributed by atoms with Crippen LogP contribution in [-0.2, 0) is 22.4 Å². The topological polar surface area (TPSA) is 66.6 Å². The van der Waals surface area contributed by atoms with Gasteiger partial charge in [-0.05, 0) is 30.7 Å². The summed E-state index contributed by atoms with van der Waals surface area (Å²) in [5.74, 6) is -0.179. The van der Waals surface area contributed by atoms with Gasteiger partial charge in [-0.25, -0.2) is 0 Å². The number of hydrogen-bond donors (Lipinski definition) is 1. The molecule has 2 rings (SSSR count). The van der Waals surface area contributed by atoms with Gasteiger partial charge in [-0.15, -0.1) is 0 Å². The van der Waals surface area contributed by atoms with Crippen LogP contribution in [0.1, 0.15) is 11.1 Å². The fourth-order valence-corrected chi connectivity index (χ4v) is 2.34. The van der Waals surface area contributed by atoms with Crippen LogP contribution in [0.2, 0.25) is 0 Å². The molecule has 0 spiro atoms. The maximum absolute atomic E-state index is 11.6. The predicted molar refractivity (Wildman–Crippen MR) is 74.0 cm³/mol. The van der Waals surface area contributed by atoms with E-state index in [0.717, 1.165) is 24.2 Å². The van der Waals surface area contributed by atoms with Gasteiger partial charge in [-0.3, -0.25) is 14.5 Å². The van der Waals surface area contributed by atoms with Crippen LogP contribution < -0.4 is 10.6 Å². The molecule has 0 radical (unpaired) electrons. The van der Waals surface area contributed by atoms with Crippen LogP contribution in [0.3, 0.4) is 0 Å². The zero-order valence-electron chi connectivity index (χ0n) is 11.3. The zero-order valence-corrected chi connectivity index (χ0v) is 11.3. The first-order chi connectivity index (χ1) is 8.97. The van der Waals surface area contributed by atoms with Gasteiger partial charge in [0.15, 0.2) is 0 Å². The van der Waals surface area contributed by atoms with Gasteiger partial charge in [0.2, 0.25) is 11.8 Å². The lowest BCUT2D eigenvalue weighted by molar-refractivity contribution is -0.119. The van der Waals surface area contributed by atoms with E-state index < -0.39 is 0 Å². The van der Waals surface area contributed by atoms with E-state index in [1.165, 1.54) is 5.56 Å². The lowest BCUT2D eigenvalue weighted by Crippen LogP contribution is -2.32. The Kier molecular flexibility index (Phi) is 3.85. The lowest BCUT2D eigenvalue weighted by Gasteiger charge is -2.15. The van der Waals surface area contributed by atoms with Gasteiger partial charge in [0.05, 0.1) is 13.0 Å². The lowest BCUT2D eigenvalue weighted by atomic mass is 10.1. The van der Waals surface area contributed by atoms with Gasteiger partial charge in [0.25, 0.3) is 0 Å². The van der Waals surface area contributed by atoms with Crippen molar-refractivity contribution in [2.45, 2.75) is 12.8 Å². The monoisotopic (exact) mass is 261 g/mol. The number of nitrogens with two attached hydrogens (primary N) is 1. The van der Waals surface area contributed by atoms with Crippen LogP contribution in [-0.4, -0.2) is 43.9 Å². The van der Waals surface area contributed by atoms with Crippen molar-refractivity contribution in [3.8, 4) is 0 Å². The highest BCUT2D eigenvalue weighted by atomic mass is 16.2. The van der Waals surface area contributed by atoms with E-state index in [0.29, 0.717) is 6.42 Å². The maximum atomic E-state index is 11.6. The molecule has 1 aromatic rings. The first-order valence-corrected chi connectivity index (χ1v) is 6.32. The Morgan fingerprint density at radius 1 is 1.47 bits per heavy atom. The fraction of sp³-hybridized carbons (Fsp3) is 0.429. The molecule has 0 aliphatic carbocycles. The van der Waals surface area contributed by atoms with Crippen LogP contribution in [0.15, 0.2) is 18.2 Å². The molecule has 0 unspecified atom stereocenters. The number of hydrogen-bond acceptors (Lipinski definition) is 3. The first kappa shape index (κ1) is 13.5. The van der Waals surface area contributed by atoms with Crippen molar-refractivity contribution in [3.63, 3.8) is 0 Å². The second-order valence-corrected chi connectivity index (χ2v) is 5.05. The number of amides is 2. The molecule has 5 nitrogen and oxygen atoms in total. The van der Waals surface area contributed by atoms with Crippen molar-refractivity contribution < 1.29 is 9.59 Å². The molecule has 0 saturated carbocycles. The summed E-state index contributed by atoms with van der Waals surface area (Å²) in [6, 6.07) is 6.10. The van der Waals surface area contributed by atoms with Gasteiger partial charge < -0.3 is 10.6 Å². The Morgan fingerprint density at radius 3 is 2.89 bits per heavy atom. The van der Waals surface area contributed by atoms with Crippen molar-refractivity contribution in [3.05, 3.63) is 29.3 Å². The highest BCUT2D eigenvalue weighted by Crippen LogP contribution is 2.28. The molecular formula is C14H19N3O2. The van der Waals surface area contributed by atoms with Crippen LogP contribution >= 0.6 is 0 Å². The summed E-state index contributed by atoms with van der Waals surface area (Å²) in [4.78, 5) is 26.0. The molecule has 0 aromatic heterocycles. The highest BCUT2D eigenvalue weighted by molar-refractivity contribution is 6.00. The molecule has 19 heavy (non-hydrogen) atoms. The largest absolute Gasteiger partial charge is 0.369 e. The van der Waals surface area contributed by atoms with E-state index in [4.69, 9.17) is 5.73 Å². The number of fused-ring (bicyclic) bond motifs is 1. The van der Waals surface area contributed by atoms with Gasteiger partial charge >= 0.3 is 0 Å². The fourth-order valence-electron chi connectivity index (χ4n) is 2.34. The molecule has 1 heterocycles. The summed E-state index contributed by atoms with van der Waals surface area (Å²) in [6.45, 7) is 1.04. The number of rotatable bonds is 5. The van der Waals surface area contributed by atoms with Gasteiger partial charge in [0, 0.05) is 19.3 Å². The Hall–Kier alpha value is -1.88. The maximum Gasteiger partial charge on any atom is 0.231 e. The second kappa shape index (κ2) is 5.40. The van der Waals surface area contributed by atoms with E-state index in [1.807, 2.05) is 24.1 Å². The van der Waals surface area contributed by atoms with Crippen LogP contribution in [0.5, 0.6) is 0 Å². The molecule has 0 atom stereocenters. The summed E-state index contributed by atoms with van der Waals surface area (Å²) >= 11 is 0. The highest BCUT2D eigenvalue weighted by Gasteiger charge is 2.23. The molecule has 1 aliphatic rings. The quantitative estimate of drug-likeness (QED) is 0.821. The number of nitrogens with zero attached hydrogens (tertiary/aromatic N) is 2. The summed E-state index contributed by atoms with van der Waals surface area (Å²) < 4.78 is 0. The van der Waals surface area contributed by atoms with E-state index >= 15 is 0 Å². The molecule has 5 heteroatoms. The molecule has 0 fully saturated rings. The van der Waals surface area contributed by atoms with E-state index in [2.05, 4.69) is 6.07 Å². The summed E-state index contributed by atoms with van der Waals surface area (Å²) in [5.41, 5.74) is 8.41. The minimum Gasteiger partial charge on any atom is -0.369 e. The van der Waals surface area contributed by atoms with E-state index in [-0.39, 0.29) is 18.4 Å². The van der Waals surface area contributed by atoms with Crippen LogP contribution in [0.25, 0.3) is 0 Å². The number of benzene rings is 1. The van der Waals surface area contributed by atoms with Crippen LogP contribution in [0, 0.1) is 0 Å². The van der Waals surface area contributed by atoms with Gasteiger partial charge in [-0.2, -0.15) is 0 Å². The van der Waals surface area contributed by atoms with E-state index in [9.17, 15) is 9.59 Å². The van der Waals surface area contributed by atoms with Gasteiger partial charge in [-0.1, -0.05) is 12.1 Å². The summed E-state index contributed by atoms with van der Waals surface area (Å²) in [6.07, 6.45) is 1.33. The minimum absolute atomic E-state index is 0.137. The van der Waals surface area contributed by atoms with Crippen LogP contribution in [0.4, 0.5) is 5.69 Å². The number of likely N-dealkylation sites (N-methyl/N-ethyl adjacent to an activating group) is 2. The molecule has 1 aromatic carbocycles. The number of anilines is 1. The smallest absolute Gasteiger partial charge is 0.231 e. The Balaban J connectivity index is 1.98. The summed E-state index contributed by atoms with van der Waals surface area (Å²) in [7, 11) is 3.67. The average molecular weight is 261 g/mol. The molecule has 0 saturated heterocycles. The average Bonchev–Trinajstić information content (AvgIpc) is 2.61. The number of carbonyl (C=O) groups is 2. The van der Waals surface area contributed by atoms with E-state index in [1.54, 1.807) is 11.9 Å². The Labute approximate surface area is 113 Å². The minimum atomic E-state index is -0.316. The van der Waals surface area contributed by atoms with Crippen molar-refractivity contribution in [2.24, 2.45) is 5.73 Å². The Bertz CT molecular complexity index is 513. The predicted octanol–water partition coefficient (Wildman–Crippen LogP) is 0.165. The molecular weight excluding hydrogens is 242 g/mol. The number of primary amides is 1. The molecule has 0 bridgehead atoms. The Morgan fingerprint density at radius 2 is 2.21 bits per heavy atom. The third-order valence-electron chi connectivity index (χ3n) is 3.43. The van der Waals surface area contributed by atoms with Crippen molar-refractivity contribution in [1.29, 1.82) is 0 Å². The third kappa shape index (κ3) is 3.12. The SMILES string of the molecule is CN(CCc1ccc2c(c1)CC(=O)N2C)CC(N)=O.